The van der Waals surface area contributed by atoms with Gasteiger partial charge in [-0.1, -0.05) is 0 Å². The summed E-state index contributed by atoms with van der Waals surface area (Å²) in [6, 6.07) is 0.767. The monoisotopic (exact) mass is 154 g/mol. The largest absolute Gasteiger partial charge is 0.312 e. The fourth-order valence-corrected chi connectivity index (χ4v) is 1.79. The van der Waals surface area contributed by atoms with E-state index in [0.29, 0.717) is 6.17 Å². The normalized spacial score (nSPS) is 40.1. The Hall–Kier alpha value is -0.120. The van der Waals surface area contributed by atoms with Gasteiger partial charge in [-0.2, -0.15) is 0 Å². The third-order valence-electron chi connectivity index (χ3n) is 2.71. The highest BCUT2D eigenvalue weighted by Crippen LogP contribution is 2.19. The topological polar surface area (TPSA) is 29.4 Å². The van der Waals surface area contributed by atoms with Gasteiger partial charge in [-0.25, -0.2) is 5.32 Å². The van der Waals surface area contributed by atoms with Crippen molar-refractivity contribution in [2.24, 2.45) is 0 Å². The molecule has 0 bridgehead atoms. The Kier molecular flexibility index (Phi) is 2.11. The smallest absolute Gasteiger partial charge is 0.0889 e. The molecule has 63 valence electrons. The fourth-order valence-electron chi connectivity index (χ4n) is 1.79. The second-order valence-electron chi connectivity index (χ2n) is 3.47. The van der Waals surface area contributed by atoms with Crippen LogP contribution in [0.15, 0.2) is 0 Å². The summed E-state index contributed by atoms with van der Waals surface area (Å²) < 4.78 is 0. The van der Waals surface area contributed by atoms with Gasteiger partial charge in [0.2, 0.25) is 0 Å². The summed E-state index contributed by atoms with van der Waals surface area (Å²) >= 11 is 0. The Balaban J connectivity index is 1.83. The van der Waals surface area contributed by atoms with E-state index in [2.05, 4.69) is 22.5 Å². The van der Waals surface area contributed by atoms with Crippen molar-refractivity contribution < 1.29 is 0 Å². The van der Waals surface area contributed by atoms with Crippen LogP contribution in [0, 0.1) is 0 Å². The highest BCUT2D eigenvalue weighted by Gasteiger charge is 2.31. The molecule has 3 nitrogen and oxygen atoms in total. The van der Waals surface area contributed by atoms with Crippen molar-refractivity contribution in [3.8, 4) is 0 Å². The van der Waals surface area contributed by atoms with Gasteiger partial charge in [-0.15, -0.1) is 0 Å². The van der Waals surface area contributed by atoms with E-state index in [1.807, 2.05) is 0 Å². The van der Waals surface area contributed by atoms with E-state index < -0.39 is 0 Å². The molecule has 1 radical (unpaired) electrons. The van der Waals surface area contributed by atoms with Crippen LogP contribution in [-0.4, -0.2) is 43.3 Å². The maximum Gasteiger partial charge on any atom is 0.0889 e. The third kappa shape index (κ3) is 1.41. The molecule has 0 spiro atoms. The van der Waals surface area contributed by atoms with Crippen molar-refractivity contribution >= 4 is 0 Å². The summed E-state index contributed by atoms with van der Waals surface area (Å²) in [4.78, 5) is 2.48. The first-order chi connectivity index (χ1) is 5.38. The molecule has 3 heteroatoms. The van der Waals surface area contributed by atoms with E-state index in [0.717, 1.165) is 25.7 Å². The Morgan fingerprint density at radius 2 is 2.45 bits per heavy atom. The predicted octanol–water partition coefficient (Wildman–Crippen LogP) is -0.386. The van der Waals surface area contributed by atoms with Crippen molar-refractivity contribution in [3.63, 3.8) is 0 Å². The molecule has 2 fully saturated rings. The average molecular weight is 154 g/mol. The molecule has 0 aromatic rings. The molecular formula is C8H16N3. The minimum atomic E-state index is 0.479. The lowest BCUT2D eigenvalue weighted by Crippen LogP contribution is -2.61. The first-order valence-electron chi connectivity index (χ1n) is 4.51. The SMILES string of the molecule is CC1CCN1C1CNCC[N]1. The summed E-state index contributed by atoms with van der Waals surface area (Å²) in [5.74, 6) is 0. The van der Waals surface area contributed by atoms with Gasteiger partial charge in [0.15, 0.2) is 0 Å². The molecule has 0 aromatic heterocycles. The standard InChI is InChI=1S/C8H16N3/c1-7-2-5-11(7)8-6-9-3-4-10-8/h7-9H,2-6H2,1H3. The third-order valence-corrected chi connectivity index (χ3v) is 2.71. The number of rotatable bonds is 1. The molecule has 0 saturated carbocycles. The molecule has 2 aliphatic rings. The molecule has 2 saturated heterocycles. The van der Waals surface area contributed by atoms with Crippen LogP contribution in [0.3, 0.4) is 0 Å². The first kappa shape index (κ1) is 7.53. The van der Waals surface area contributed by atoms with E-state index in [1.54, 1.807) is 0 Å². The number of likely N-dealkylation sites (tertiary alicyclic amines) is 1. The van der Waals surface area contributed by atoms with E-state index in [9.17, 15) is 0 Å². The Morgan fingerprint density at radius 3 is 2.91 bits per heavy atom. The summed E-state index contributed by atoms with van der Waals surface area (Å²) in [6.07, 6.45) is 1.83. The molecular weight excluding hydrogens is 138 g/mol. The van der Waals surface area contributed by atoms with Gasteiger partial charge in [-0.3, -0.25) is 4.90 Å². The number of nitrogens with one attached hydrogen (secondary N) is 1. The van der Waals surface area contributed by atoms with Gasteiger partial charge in [-0.05, 0) is 13.3 Å². The maximum absolute atomic E-state index is 4.57. The predicted molar refractivity (Wildman–Crippen MR) is 44.4 cm³/mol. The summed E-state index contributed by atoms with van der Waals surface area (Å²) in [6.45, 7) is 6.65. The lowest BCUT2D eigenvalue weighted by Gasteiger charge is -2.45. The molecule has 1 N–H and O–H groups in total. The minimum Gasteiger partial charge on any atom is -0.312 e. The van der Waals surface area contributed by atoms with Gasteiger partial charge in [0.25, 0.3) is 0 Å². The quantitative estimate of drug-likeness (QED) is 0.557. The summed E-state index contributed by atoms with van der Waals surface area (Å²) in [5, 5.41) is 7.93. The van der Waals surface area contributed by atoms with Crippen molar-refractivity contribution in [2.45, 2.75) is 25.6 Å². The molecule has 2 rings (SSSR count). The van der Waals surface area contributed by atoms with Crippen LogP contribution >= 0.6 is 0 Å². The number of hydrogen-bond acceptors (Lipinski definition) is 2. The molecule has 0 aromatic carbocycles. The zero-order chi connectivity index (χ0) is 7.68. The van der Waals surface area contributed by atoms with Gasteiger partial charge >= 0.3 is 0 Å². The van der Waals surface area contributed by atoms with Crippen LogP contribution in [0.25, 0.3) is 0 Å². The summed E-state index contributed by atoms with van der Waals surface area (Å²) in [7, 11) is 0. The molecule has 2 heterocycles. The molecule has 11 heavy (non-hydrogen) atoms. The molecule has 0 amide bonds. The van der Waals surface area contributed by atoms with Crippen LogP contribution in [0.2, 0.25) is 0 Å². The van der Waals surface area contributed by atoms with Crippen molar-refractivity contribution in [1.29, 1.82) is 0 Å². The summed E-state index contributed by atoms with van der Waals surface area (Å²) in [5.41, 5.74) is 0. The van der Waals surface area contributed by atoms with Gasteiger partial charge in [0, 0.05) is 32.2 Å². The minimum absolute atomic E-state index is 0.479. The Bertz CT molecular complexity index is 131. The maximum atomic E-state index is 4.57. The van der Waals surface area contributed by atoms with Crippen molar-refractivity contribution in [3.05, 3.63) is 0 Å². The van der Waals surface area contributed by atoms with E-state index in [4.69, 9.17) is 0 Å². The zero-order valence-electron chi connectivity index (χ0n) is 7.08. The van der Waals surface area contributed by atoms with Gasteiger partial charge < -0.3 is 5.32 Å². The van der Waals surface area contributed by atoms with E-state index in [1.165, 1.54) is 13.0 Å². The van der Waals surface area contributed by atoms with Crippen molar-refractivity contribution in [2.75, 3.05) is 26.2 Å². The van der Waals surface area contributed by atoms with Crippen LogP contribution in [0.4, 0.5) is 0 Å². The lowest BCUT2D eigenvalue weighted by molar-refractivity contribution is 0.0269. The van der Waals surface area contributed by atoms with Gasteiger partial charge in [0.1, 0.15) is 0 Å². The number of nitrogens with zero attached hydrogens (tertiary/aromatic N) is 2. The second kappa shape index (κ2) is 3.09. The van der Waals surface area contributed by atoms with E-state index in [-0.39, 0.29) is 0 Å². The van der Waals surface area contributed by atoms with Crippen LogP contribution in [0.1, 0.15) is 13.3 Å². The Morgan fingerprint density at radius 1 is 1.55 bits per heavy atom. The fraction of sp³-hybridized carbons (Fsp3) is 1.00. The zero-order valence-corrected chi connectivity index (χ0v) is 7.08. The van der Waals surface area contributed by atoms with Crippen LogP contribution < -0.4 is 10.6 Å². The van der Waals surface area contributed by atoms with Crippen molar-refractivity contribution in [1.82, 2.24) is 15.5 Å². The first-order valence-corrected chi connectivity index (χ1v) is 4.51. The number of hydrogen-bond donors (Lipinski definition) is 1. The molecule has 2 aliphatic heterocycles. The van der Waals surface area contributed by atoms with Crippen LogP contribution in [0.5, 0.6) is 0 Å². The molecule has 2 unspecified atom stereocenters. The Labute approximate surface area is 68.1 Å². The molecule has 2 atom stereocenters. The highest BCUT2D eigenvalue weighted by molar-refractivity contribution is 4.86. The second-order valence-corrected chi connectivity index (χ2v) is 3.47. The molecule has 0 aliphatic carbocycles. The van der Waals surface area contributed by atoms with Gasteiger partial charge in [0.05, 0.1) is 6.17 Å². The van der Waals surface area contributed by atoms with E-state index >= 15 is 0 Å². The highest BCUT2D eigenvalue weighted by atomic mass is 15.3. The lowest BCUT2D eigenvalue weighted by atomic mass is 10.0. The van der Waals surface area contributed by atoms with Crippen LogP contribution in [-0.2, 0) is 0 Å². The average Bonchev–Trinajstić information content (AvgIpc) is 2.04. The number of piperazine rings is 1.